The van der Waals surface area contributed by atoms with Gasteiger partial charge in [0.15, 0.2) is 5.78 Å². The van der Waals surface area contributed by atoms with Gasteiger partial charge in [0.25, 0.3) is 0 Å². The number of aryl methyl sites for hydroxylation is 1. The van der Waals surface area contributed by atoms with E-state index in [4.69, 9.17) is 11.6 Å². The van der Waals surface area contributed by atoms with Crippen LogP contribution in [0.5, 0.6) is 0 Å². The minimum absolute atomic E-state index is 0.0273. The van der Waals surface area contributed by atoms with Crippen molar-refractivity contribution in [2.45, 2.75) is 26.2 Å². The Morgan fingerprint density at radius 2 is 1.85 bits per heavy atom. The maximum atomic E-state index is 13.8. The van der Waals surface area contributed by atoms with Crippen LogP contribution >= 0.6 is 11.6 Å². The Balaban J connectivity index is 2.13. The van der Waals surface area contributed by atoms with Gasteiger partial charge >= 0.3 is 0 Å². The molecule has 0 unspecified atom stereocenters. The van der Waals surface area contributed by atoms with Gasteiger partial charge in [-0.1, -0.05) is 61.3 Å². The Hall–Kier alpha value is -1.67. The lowest BCUT2D eigenvalue weighted by Crippen LogP contribution is -2.05. The zero-order valence-electron chi connectivity index (χ0n) is 11.3. The van der Waals surface area contributed by atoms with Crippen LogP contribution in [0.15, 0.2) is 42.5 Å². The van der Waals surface area contributed by atoms with Crippen LogP contribution in [0.3, 0.4) is 0 Å². The number of hydrogen-bond donors (Lipinski definition) is 0. The van der Waals surface area contributed by atoms with Gasteiger partial charge in [0.1, 0.15) is 5.82 Å². The Morgan fingerprint density at radius 3 is 2.50 bits per heavy atom. The van der Waals surface area contributed by atoms with Crippen LogP contribution in [0.1, 0.15) is 34.8 Å². The molecular weight excluding hydrogens is 275 g/mol. The van der Waals surface area contributed by atoms with Gasteiger partial charge in [-0.15, -0.1) is 0 Å². The van der Waals surface area contributed by atoms with Crippen molar-refractivity contribution in [3.05, 3.63) is 70.0 Å². The lowest BCUT2D eigenvalue weighted by Gasteiger charge is -2.05. The topological polar surface area (TPSA) is 17.1 Å². The van der Waals surface area contributed by atoms with Crippen molar-refractivity contribution in [1.82, 2.24) is 0 Å². The number of Topliss-reactive ketones (excluding diaryl/α,β-unsaturated/α-hetero) is 1. The molecule has 0 fully saturated rings. The van der Waals surface area contributed by atoms with Crippen LogP contribution in [0, 0.1) is 5.82 Å². The Labute approximate surface area is 123 Å². The molecule has 0 saturated heterocycles. The van der Waals surface area contributed by atoms with Gasteiger partial charge in [-0.05, 0) is 23.6 Å². The molecule has 0 atom stereocenters. The molecule has 1 nitrogen and oxygen atoms in total. The lowest BCUT2D eigenvalue weighted by molar-refractivity contribution is 0.0992. The van der Waals surface area contributed by atoms with Crippen LogP contribution in [0.4, 0.5) is 4.39 Å². The van der Waals surface area contributed by atoms with Gasteiger partial charge in [-0.25, -0.2) is 4.39 Å². The molecule has 0 aliphatic rings. The van der Waals surface area contributed by atoms with E-state index in [1.54, 1.807) is 24.3 Å². The number of hydrogen-bond acceptors (Lipinski definition) is 1. The second-order valence-electron chi connectivity index (χ2n) is 4.76. The summed E-state index contributed by atoms with van der Waals surface area (Å²) >= 11 is 5.71. The fraction of sp³-hybridized carbons (Fsp3) is 0.235. The molecule has 0 heterocycles. The summed E-state index contributed by atoms with van der Waals surface area (Å²) in [5, 5.41) is 0.0496. The second kappa shape index (κ2) is 6.67. The third-order valence-corrected chi connectivity index (χ3v) is 3.49. The van der Waals surface area contributed by atoms with E-state index < -0.39 is 5.82 Å². The van der Waals surface area contributed by atoms with E-state index in [9.17, 15) is 9.18 Å². The smallest absolute Gasteiger partial charge is 0.167 e. The molecule has 3 heteroatoms. The molecule has 0 aliphatic carbocycles. The van der Waals surface area contributed by atoms with E-state index in [2.05, 4.69) is 6.92 Å². The predicted molar refractivity (Wildman–Crippen MR) is 79.9 cm³/mol. The highest BCUT2D eigenvalue weighted by molar-refractivity contribution is 6.30. The zero-order chi connectivity index (χ0) is 14.5. The summed E-state index contributed by atoms with van der Waals surface area (Å²) in [5.74, 6) is -0.612. The van der Waals surface area contributed by atoms with E-state index in [1.165, 1.54) is 11.6 Å². The van der Waals surface area contributed by atoms with Crippen molar-refractivity contribution in [2.75, 3.05) is 0 Å². The highest BCUT2D eigenvalue weighted by Gasteiger charge is 2.12. The van der Waals surface area contributed by atoms with Crippen molar-refractivity contribution in [2.24, 2.45) is 0 Å². The summed E-state index contributed by atoms with van der Waals surface area (Å²) in [6.45, 7) is 2.11. The van der Waals surface area contributed by atoms with E-state index in [-0.39, 0.29) is 17.2 Å². The molecule has 0 spiro atoms. The summed E-state index contributed by atoms with van der Waals surface area (Å²) in [4.78, 5) is 12.1. The van der Waals surface area contributed by atoms with Gasteiger partial charge in [0.2, 0.25) is 0 Å². The Kier molecular flexibility index (Phi) is 4.91. The minimum atomic E-state index is -0.509. The molecule has 2 aromatic carbocycles. The summed E-state index contributed by atoms with van der Waals surface area (Å²) in [5.41, 5.74) is 2.14. The summed E-state index contributed by atoms with van der Waals surface area (Å²) in [6, 6.07) is 12.2. The molecule has 0 N–H and O–H groups in total. The largest absolute Gasteiger partial charge is 0.294 e. The van der Waals surface area contributed by atoms with Crippen LogP contribution in [-0.2, 0) is 12.8 Å². The number of rotatable bonds is 5. The first-order chi connectivity index (χ1) is 9.61. The average molecular weight is 291 g/mol. The monoisotopic (exact) mass is 290 g/mol. The van der Waals surface area contributed by atoms with Gasteiger partial charge in [0, 0.05) is 12.0 Å². The van der Waals surface area contributed by atoms with Crippen LogP contribution in [0.25, 0.3) is 0 Å². The molecule has 2 rings (SSSR count). The van der Waals surface area contributed by atoms with E-state index in [0.29, 0.717) is 11.1 Å². The van der Waals surface area contributed by atoms with Crippen molar-refractivity contribution >= 4 is 17.4 Å². The van der Waals surface area contributed by atoms with Crippen LogP contribution < -0.4 is 0 Å². The molecule has 20 heavy (non-hydrogen) atoms. The minimum Gasteiger partial charge on any atom is -0.294 e. The first kappa shape index (κ1) is 14.7. The number of ketones is 1. The first-order valence-electron chi connectivity index (χ1n) is 6.67. The van der Waals surface area contributed by atoms with E-state index in [1.807, 2.05) is 12.1 Å². The number of carbonyl (C=O) groups is 1. The van der Waals surface area contributed by atoms with Gasteiger partial charge in [-0.2, -0.15) is 0 Å². The summed E-state index contributed by atoms with van der Waals surface area (Å²) in [6.07, 6.45) is 2.10. The molecule has 0 amide bonds. The molecule has 0 aliphatic heterocycles. The van der Waals surface area contributed by atoms with Crippen LogP contribution in [0.2, 0.25) is 5.02 Å². The van der Waals surface area contributed by atoms with Gasteiger partial charge in [-0.3, -0.25) is 4.79 Å². The number of halogens is 2. The summed E-state index contributed by atoms with van der Waals surface area (Å²) in [7, 11) is 0. The third-order valence-electron chi connectivity index (χ3n) is 3.20. The molecule has 104 valence electrons. The fourth-order valence-corrected chi connectivity index (χ4v) is 2.30. The van der Waals surface area contributed by atoms with Gasteiger partial charge < -0.3 is 0 Å². The van der Waals surface area contributed by atoms with Crippen LogP contribution in [-0.4, -0.2) is 5.78 Å². The quantitative estimate of drug-likeness (QED) is 0.719. The second-order valence-corrected chi connectivity index (χ2v) is 5.17. The number of benzene rings is 2. The van der Waals surface area contributed by atoms with Crippen molar-refractivity contribution in [1.29, 1.82) is 0 Å². The molecule has 0 bridgehead atoms. The highest BCUT2D eigenvalue weighted by Crippen LogP contribution is 2.19. The maximum Gasteiger partial charge on any atom is 0.167 e. The lowest BCUT2D eigenvalue weighted by atomic mass is 10.0. The third kappa shape index (κ3) is 3.45. The maximum absolute atomic E-state index is 13.8. The number of carbonyl (C=O) groups excluding carboxylic acids is 1. The van der Waals surface area contributed by atoms with Crippen molar-refractivity contribution in [3.8, 4) is 0 Å². The fourth-order valence-electron chi connectivity index (χ4n) is 2.11. The normalized spacial score (nSPS) is 10.6. The molecular formula is C17H16ClFO. The highest BCUT2D eigenvalue weighted by atomic mass is 35.5. The molecule has 2 aromatic rings. The van der Waals surface area contributed by atoms with Crippen molar-refractivity contribution in [3.63, 3.8) is 0 Å². The van der Waals surface area contributed by atoms with Gasteiger partial charge in [0.05, 0.1) is 5.02 Å². The first-order valence-corrected chi connectivity index (χ1v) is 7.04. The van der Waals surface area contributed by atoms with Crippen molar-refractivity contribution < 1.29 is 9.18 Å². The predicted octanol–water partition coefficient (Wildman–Crippen LogP) is 4.86. The zero-order valence-corrected chi connectivity index (χ0v) is 12.1. The van der Waals surface area contributed by atoms with E-state index >= 15 is 0 Å². The molecule has 0 aromatic heterocycles. The summed E-state index contributed by atoms with van der Waals surface area (Å²) < 4.78 is 13.8. The molecule has 0 saturated carbocycles. The SMILES string of the molecule is CCCc1ccc(C(=O)Cc2cccc(Cl)c2F)cc1. The standard InChI is InChI=1S/C17H16ClFO/c1-2-4-12-7-9-13(10-8-12)16(20)11-14-5-3-6-15(18)17(14)19/h3,5-10H,2,4,11H2,1H3. The molecule has 0 radical (unpaired) electrons. The average Bonchev–Trinajstić information content (AvgIpc) is 2.45. The Morgan fingerprint density at radius 1 is 1.15 bits per heavy atom. The van der Waals surface area contributed by atoms with E-state index in [0.717, 1.165) is 12.8 Å². The Bertz CT molecular complexity index is 605.